The summed E-state index contributed by atoms with van der Waals surface area (Å²) in [7, 11) is 1.50. The molecule has 208 valence electrons. The van der Waals surface area contributed by atoms with Crippen LogP contribution in [0.25, 0.3) is 22.3 Å². The van der Waals surface area contributed by atoms with Gasteiger partial charge in [-0.05, 0) is 67.8 Å². The van der Waals surface area contributed by atoms with Gasteiger partial charge in [-0.2, -0.15) is 22.9 Å². The largest absolute Gasteiger partial charge is 0.493 e. The number of hydrogen-bond donors (Lipinski definition) is 0. The summed E-state index contributed by atoms with van der Waals surface area (Å²) in [5.41, 5.74) is 0.494. The van der Waals surface area contributed by atoms with Crippen LogP contribution in [0.5, 0.6) is 11.5 Å². The molecule has 0 aliphatic carbocycles. The van der Waals surface area contributed by atoms with Gasteiger partial charge < -0.3 is 9.47 Å². The highest BCUT2D eigenvalue weighted by atomic mass is 79.9. The molecular weight excluding hydrogens is 667 g/mol. The lowest BCUT2D eigenvalue weighted by atomic mass is 10.1. The molecule has 11 heteroatoms. The first-order valence-corrected chi connectivity index (χ1v) is 13.7. The van der Waals surface area contributed by atoms with E-state index in [1.54, 1.807) is 30.3 Å². The second-order valence-electron chi connectivity index (χ2n) is 8.79. The van der Waals surface area contributed by atoms with Gasteiger partial charge in [-0.25, -0.2) is 4.98 Å². The van der Waals surface area contributed by atoms with Crippen LogP contribution in [-0.4, -0.2) is 23.0 Å². The van der Waals surface area contributed by atoms with E-state index in [1.807, 2.05) is 30.3 Å². The number of methoxy groups -OCH3 is 1. The Morgan fingerprint density at radius 1 is 0.951 bits per heavy atom. The molecule has 0 N–H and O–H groups in total. The van der Waals surface area contributed by atoms with E-state index in [-0.39, 0.29) is 16.8 Å². The maximum Gasteiger partial charge on any atom is 0.416 e. The Kier molecular flexibility index (Phi) is 8.27. The van der Waals surface area contributed by atoms with Crippen LogP contribution in [0.3, 0.4) is 0 Å². The van der Waals surface area contributed by atoms with Crippen LogP contribution in [0.2, 0.25) is 0 Å². The maximum atomic E-state index is 13.5. The number of ether oxygens (including phenoxy) is 2. The average Bonchev–Trinajstić information content (AvgIpc) is 2.98. The van der Waals surface area contributed by atoms with Crippen molar-refractivity contribution in [3.8, 4) is 22.9 Å². The second-order valence-corrected chi connectivity index (χ2v) is 10.4. The number of rotatable bonds is 7. The van der Waals surface area contributed by atoms with Gasteiger partial charge in [0.2, 0.25) is 0 Å². The second kappa shape index (κ2) is 11.9. The first kappa shape index (κ1) is 28.6. The van der Waals surface area contributed by atoms with Crippen molar-refractivity contribution in [2.75, 3.05) is 7.11 Å². The molecule has 4 aromatic carbocycles. The van der Waals surface area contributed by atoms with Gasteiger partial charge in [0.25, 0.3) is 5.56 Å². The minimum absolute atomic E-state index is 0.0407. The fourth-order valence-corrected chi connectivity index (χ4v) is 5.02. The van der Waals surface area contributed by atoms with Crippen molar-refractivity contribution < 1.29 is 22.6 Å². The summed E-state index contributed by atoms with van der Waals surface area (Å²) in [4.78, 5) is 18.0. The number of benzene rings is 4. The predicted octanol–water partition coefficient (Wildman–Crippen LogP) is 8.08. The molecule has 0 atom stereocenters. The van der Waals surface area contributed by atoms with Gasteiger partial charge in [-0.3, -0.25) is 4.79 Å². The highest BCUT2D eigenvalue weighted by Crippen LogP contribution is 2.42. The normalized spacial score (nSPS) is 11.8. The molecule has 0 radical (unpaired) electrons. The van der Waals surface area contributed by atoms with Crippen LogP contribution < -0.4 is 15.0 Å². The third kappa shape index (κ3) is 6.06. The molecular formula is C30H20Br2F3N3O3. The Bertz CT molecular complexity index is 1820. The van der Waals surface area contributed by atoms with Crippen LogP contribution in [0.1, 0.15) is 16.7 Å². The fourth-order valence-electron chi connectivity index (χ4n) is 4.09. The van der Waals surface area contributed by atoms with E-state index in [4.69, 9.17) is 9.47 Å². The summed E-state index contributed by atoms with van der Waals surface area (Å²) in [6, 6.07) is 22.5. The molecule has 0 saturated carbocycles. The Morgan fingerprint density at radius 2 is 1.68 bits per heavy atom. The van der Waals surface area contributed by atoms with E-state index in [1.165, 1.54) is 25.5 Å². The third-order valence-electron chi connectivity index (χ3n) is 6.12. The molecule has 0 bridgehead atoms. The number of para-hydroxylation sites is 1. The van der Waals surface area contributed by atoms with Crippen LogP contribution in [0.15, 0.2) is 104 Å². The summed E-state index contributed by atoms with van der Waals surface area (Å²) in [6.45, 7) is 0.300. The van der Waals surface area contributed by atoms with Gasteiger partial charge in [0.1, 0.15) is 6.61 Å². The molecule has 41 heavy (non-hydrogen) atoms. The molecule has 0 fully saturated rings. The molecule has 1 heterocycles. The number of aromatic nitrogens is 2. The summed E-state index contributed by atoms with van der Waals surface area (Å²) in [5.74, 6) is 0.815. The Balaban J connectivity index is 1.60. The van der Waals surface area contributed by atoms with Gasteiger partial charge in [-0.15, -0.1) is 0 Å². The Hall–Kier alpha value is -3.96. The summed E-state index contributed by atoms with van der Waals surface area (Å²) in [5, 5.41) is 4.65. The van der Waals surface area contributed by atoms with Crippen LogP contribution in [0.4, 0.5) is 13.2 Å². The molecule has 0 aliphatic heterocycles. The molecule has 0 unspecified atom stereocenters. The van der Waals surface area contributed by atoms with Gasteiger partial charge >= 0.3 is 6.18 Å². The quantitative estimate of drug-likeness (QED) is 0.163. The number of nitrogens with zero attached hydrogens (tertiary/aromatic N) is 3. The average molecular weight is 687 g/mol. The summed E-state index contributed by atoms with van der Waals surface area (Å²) >= 11 is 7.09. The lowest BCUT2D eigenvalue weighted by Gasteiger charge is -2.15. The zero-order valence-electron chi connectivity index (χ0n) is 21.3. The Labute approximate surface area is 249 Å². The van der Waals surface area contributed by atoms with E-state index in [9.17, 15) is 18.0 Å². The number of alkyl halides is 3. The van der Waals surface area contributed by atoms with Crippen LogP contribution >= 0.6 is 31.9 Å². The van der Waals surface area contributed by atoms with Crippen molar-refractivity contribution in [1.82, 2.24) is 9.66 Å². The topological polar surface area (TPSA) is 65.7 Å². The van der Waals surface area contributed by atoms with Gasteiger partial charge in [0, 0.05) is 15.6 Å². The van der Waals surface area contributed by atoms with E-state index < -0.39 is 17.3 Å². The van der Waals surface area contributed by atoms with Crippen molar-refractivity contribution in [3.05, 3.63) is 121 Å². The molecule has 1 aromatic heterocycles. The third-order valence-corrected chi connectivity index (χ3v) is 8.26. The first-order valence-electron chi connectivity index (χ1n) is 12.1. The molecule has 0 aliphatic rings. The monoisotopic (exact) mass is 685 g/mol. The number of halogens is 5. The molecule has 0 spiro atoms. The first-order chi connectivity index (χ1) is 19.7. The summed E-state index contributed by atoms with van der Waals surface area (Å²) < 4.78 is 54.1. The van der Waals surface area contributed by atoms with Gasteiger partial charge in [0.05, 0.1) is 34.3 Å². The summed E-state index contributed by atoms with van der Waals surface area (Å²) in [6.07, 6.45) is -3.17. The predicted molar refractivity (Wildman–Crippen MR) is 159 cm³/mol. The van der Waals surface area contributed by atoms with Gasteiger partial charge in [-0.1, -0.05) is 54.6 Å². The lowest BCUT2D eigenvalue weighted by molar-refractivity contribution is -0.137. The molecule has 6 nitrogen and oxygen atoms in total. The van der Waals surface area contributed by atoms with E-state index in [2.05, 4.69) is 41.9 Å². The van der Waals surface area contributed by atoms with Crippen molar-refractivity contribution in [2.45, 2.75) is 12.8 Å². The van der Waals surface area contributed by atoms with E-state index in [0.717, 1.165) is 22.4 Å². The molecule has 5 aromatic rings. The highest BCUT2D eigenvalue weighted by molar-refractivity contribution is 9.13. The molecule has 0 amide bonds. The van der Waals surface area contributed by atoms with Crippen molar-refractivity contribution in [1.29, 1.82) is 0 Å². The number of hydrogen-bond acceptors (Lipinski definition) is 5. The zero-order valence-corrected chi connectivity index (χ0v) is 24.5. The minimum Gasteiger partial charge on any atom is -0.493 e. The lowest BCUT2D eigenvalue weighted by Crippen LogP contribution is -2.20. The van der Waals surface area contributed by atoms with Crippen molar-refractivity contribution in [3.63, 3.8) is 0 Å². The van der Waals surface area contributed by atoms with Crippen LogP contribution in [-0.2, 0) is 12.8 Å². The van der Waals surface area contributed by atoms with E-state index in [0.29, 0.717) is 38.1 Å². The van der Waals surface area contributed by atoms with Gasteiger partial charge in [0.15, 0.2) is 17.3 Å². The molecule has 0 saturated heterocycles. The maximum absolute atomic E-state index is 13.5. The van der Waals surface area contributed by atoms with Crippen molar-refractivity contribution >= 4 is 49.0 Å². The minimum atomic E-state index is -4.57. The van der Waals surface area contributed by atoms with Crippen LogP contribution in [0, 0.1) is 0 Å². The fraction of sp³-hybridized carbons (Fsp3) is 0.100. The van der Waals surface area contributed by atoms with Crippen molar-refractivity contribution in [2.24, 2.45) is 5.10 Å². The van der Waals surface area contributed by atoms with E-state index >= 15 is 0 Å². The highest BCUT2D eigenvalue weighted by Gasteiger charge is 2.31. The smallest absolute Gasteiger partial charge is 0.416 e. The zero-order chi connectivity index (χ0) is 29.1. The number of fused-ring (bicyclic) bond motifs is 1. The molecule has 5 rings (SSSR count). The Morgan fingerprint density at radius 3 is 2.41 bits per heavy atom. The standard InChI is InChI=1S/C30H20Br2F3N3O3/c1-40-24-15-20(25(31)26(32)27(24)41-17-18-8-3-2-4-9-18)16-36-38-28(19-10-7-11-21(14-19)30(33,34)35)37-23-13-6-5-12-22(23)29(38)39/h2-16H,17H2,1H3. The SMILES string of the molecule is COc1cc(C=Nn2c(-c3cccc(C(F)(F)F)c3)nc3ccccc3c2=O)c(Br)c(Br)c1OCc1ccccc1.